The lowest BCUT2D eigenvalue weighted by molar-refractivity contribution is 0.0635. The number of rotatable bonds is 9. The van der Waals surface area contributed by atoms with E-state index in [0.717, 1.165) is 36.3 Å². The molecule has 5 nitrogen and oxygen atoms in total. The van der Waals surface area contributed by atoms with Crippen LogP contribution in [0, 0.1) is 0 Å². The van der Waals surface area contributed by atoms with Crippen LogP contribution in [-0.2, 0) is 15.9 Å². The molecule has 0 fully saturated rings. The van der Waals surface area contributed by atoms with E-state index < -0.39 is 11.7 Å². The van der Waals surface area contributed by atoms with E-state index in [1.807, 2.05) is 69.3 Å². The van der Waals surface area contributed by atoms with Gasteiger partial charge in [-0.3, -0.25) is 5.32 Å². The minimum absolute atomic E-state index is 0.0943. The van der Waals surface area contributed by atoms with Gasteiger partial charge in [-0.05, 0) is 69.5 Å². The molecule has 29 heavy (non-hydrogen) atoms. The first-order valence-corrected chi connectivity index (χ1v) is 10.2. The molecule has 0 aliphatic heterocycles. The Labute approximate surface area is 174 Å². The largest absolute Gasteiger partial charge is 0.493 e. The molecule has 2 aromatic carbocycles. The topological polar surface area (TPSA) is 56.8 Å². The minimum Gasteiger partial charge on any atom is -0.493 e. The first kappa shape index (κ1) is 22.8. The van der Waals surface area contributed by atoms with Gasteiger partial charge in [-0.15, -0.1) is 0 Å². The summed E-state index contributed by atoms with van der Waals surface area (Å²) in [6.45, 7) is 11.0. The van der Waals surface area contributed by atoms with Gasteiger partial charge >= 0.3 is 6.09 Å². The molecule has 1 atom stereocenters. The van der Waals surface area contributed by atoms with Crippen LogP contribution in [0.2, 0.25) is 0 Å². The third-order valence-corrected chi connectivity index (χ3v) is 4.18. The van der Waals surface area contributed by atoms with Crippen LogP contribution in [0.1, 0.15) is 58.3 Å². The highest BCUT2D eigenvalue weighted by Crippen LogP contribution is 2.21. The van der Waals surface area contributed by atoms with E-state index in [0.29, 0.717) is 12.3 Å². The molecule has 0 aromatic heterocycles. The number of nitrogens with one attached hydrogen (secondary N) is 1. The highest BCUT2D eigenvalue weighted by atomic mass is 16.6. The molecule has 158 valence electrons. The van der Waals surface area contributed by atoms with Crippen LogP contribution >= 0.6 is 0 Å². The van der Waals surface area contributed by atoms with Gasteiger partial charge in [0.05, 0.1) is 12.7 Å². The van der Waals surface area contributed by atoms with Crippen molar-refractivity contribution in [2.75, 3.05) is 18.5 Å². The molecular formula is C24H33NO4. The van der Waals surface area contributed by atoms with Crippen molar-refractivity contribution in [1.82, 2.24) is 0 Å². The van der Waals surface area contributed by atoms with Gasteiger partial charge in [0.2, 0.25) is 0 Å². The van der Waals surface area contributed by atoms with Crippen molar-refractivity contribution in [2.45, 2.75) is 59.2 Å². The van der Waals surface area contributed by atoms with Crippen LogP contribution < -0.4 is 10.1 Å². The van der Waals surface area contributed by atoms with E-state index in [4.69, 9.17) is 14.2 Å². The molecule has 1 unspecified atom stereocenters. The third-order valence-electron chi connectivity index (χ3n) is 4.18. The van der Waals surface area contributed by atoms with Crippen molar-refractivity contribution < 1.29 is 19.0 Å². The van der Waals surface area contributed by atoms with E-state index in [9.17, 15) is 4.79 Å². The number of anilines is 1. The first-order valence-electron chi connectivity index (χ1n) is 10.2. The molecule has 0 radical (unpaired) electrons. The maximum Gasteiger partial charge on any atom is 0.412 e. The summed E-state index contributed by atoms with van der Waals surface area (Å²) >= 11 is 0. The van der Waals surface area contributed by atoms with Crippen molar-refractivity contribution in [3.63, 3.8) is 0 Å². The molecule has 1 N–H and O–H groups in total. The van der Waals surface area contributed by atoms with Gasteiger partial charge in [0.25, 0.3) is 0 Å². The summed E-state index contributed by atoms with van der Waals surface area (Å²) in [5.74, 6) is 0.847. The predicted molar refractivity (Wildman–Crippen MR) is 117 cm³/mol. The lowest BCUT2D eigenvalue weighted by Crippen LogP contribution is -2.27. The van der Waals surface area contributed by atoms with E-state index >= 15 is 0 Å². The molecule has 0 heterocycles. The Morgan fingerprint density at radius 1 is 1.00 bits per heavy atom. The molecule has 0 saturated heterocycles. The summed E-state index contributed by atoms with van der Waals surface area (Å²) in [4.78, 5) is 11.8. The van der Waals surface area contributed by atoms with Gasteiger partial charge in [0, 0.05) is 18.7 Å². The highest BCUT2D eigenvalue weighted by Gasteiger charge is 2.16. The van der Waals surface area contributed by atoms with Crippen molar-refractivity contribution in [2.24, 2.45) is 0 Å². The Morgan fingerprint density at radius 2 is 1.66 bits per heavy atom. The van der Waals surface area contributed by atoms with E-state index in [2.05, 4.69) is 19.2 Å². The first-order chi connectivity index (χ1) is 13.8. The maximum absolute atomic E-state index is 11.8. The summed E-state index contributed by atoms with van der Waals surface area (Å²) in [5.41, 5.74) is 2.48. The molecular weight excluding hydrogens is 366 g/mol. The van der Waals surface area contributed by atoms with Gasteiger partial charge in [-0.2, -0.15) is 0 Å². The zero-order valence-corrected chi connectivity index (χ0v) is 18.2. The SMILES string of the molecule is CCCOC(C)c1ccc(OCCc2ccc(NC(=O)OC(C)(C)C)cc2)cc1. The van der Waals surface area contributed by atoms with Gasteiger partial charge in [0.1, 0.15) is 11.4 Å². The second kappa shape index (κ2) is 10.9. The normalized spacial score (nSPS) is 12.3. The number of ether oxygens (including phenoxy) is 3. The maximum atomic E-state index is 11.8. The van der Waals surface area contributed by atoms with Crippen LogP contribution in [-0.4, -0.2) is 24.9 Å². The van der Waals surface area contributed by atoms with Crippen LogP contribution in [0.25, 0.3) is 0 Å². The molecule has 0 spiro atoms. The molecule has 2 rings (SSSR count). The van der Waals surface area contributed by atoms with Gasteiger partial charge in [-0.1, -0.05) is 31.2 Å². The second-order valence-corrected chi connectivity index (χ2v) is 8.00. The van der Waals surface area contributed by atoms with Crippen LogP contribution in [0.15, 0.2) is 48.5 Å². The summed E-state index contributed by atoms with van der Waals surface area (Å²) in [6, 6.07) is 15.7. The lowest BCUT2D eigenvalue weighted by Gasteiger charge is -2.19. The van der Waals surface area contributed by atoms with Crippen LogP contribution in [0.5, 0.6) is 5.75 Å². The van der Waals surface area contributed by atoms with E-state index in [1.54, 1.807) is 0 Å². The standard InChI is InChI=1S/C24H33NO4/c1-6-16-27-18(2)20-9-13-22(14-10-20)28-17-15-19-7-11-21(12-8-19)25-23(26)29-24(3,4)5/h7-14,18H,6,15-17H2,1-5H3,(H,25,26). The number of benzene rings is 2. The lowest BCUT2D eigenvalue weighted by atomic mass is 10.1. The highest BCUT2D eigenvalue weighted by molar-refractivity contribution is 5.84. The van der Waals surface area contributed by atoms with Crippen molar-refractivity contribution in [3.8, 4) is 5.75 Å². The van der Waals surface area contributed by atoms with E-state index in [-0.39, 0.29) is 6.10 Å². The molecule has 0 aliphatic carbocycles. The fraction of sp³-hybridized carbons (Fsp3) is 0.458. The fourth-order valence-corrected chi connectivity index (χ4v) is 2.69. The average Bonchev–Trinajstić information content (AvgIpc) is 2.66. The van der Waals surface area contributed by atoms with E-state index in [1.165, 1.54) is 0 Å². The number of hydrogen-bond donors (Lipinski definition) is 1. The Balaban J connectivity index is 1.77. The van der Waals surface area contributed by atoms with Crippen LogP contribution in [0.3, 0.4) is 0 Å². The Morgan fingerprint density at radius 3 is 2.24 bits per heavy atom. The monoisotopic (exact) mass is 399 g/mol. The fourth-order valence-electron chi connectivity index (χ4n) is 2.69. The van der Waals surface area contributed by atoms with Gasteiger partial charge in [0.15, 0.2) is 0 Å². The van der Waals surface area contributed by atoms with Crippen LogP contribution in [0.4, 0.5) is 10.5 Å². The average molecular weight is 400 g/mol. The molecule has 1 amide bonds. The zero-order chi connectivity index (χ0) is 21.3. The molecule has 5 heteroatoms. The third kappa shape index (κ3) is 8.57. The number of amides is 1. The molecule has 0 aliphatic rings. The number of carbonyl (C=O) groups excluding carboxylic acids is 1. The summed E-state index contributed by atoms with van der Waals surface area (Å²) in [7, 11) is 0. The van der Waals surface area contributed by atoms with Crippen molar-refractivity contribution >= 4 is 11.8 Å². The van der Waals surface area contributed by atoms with Gasteiger partial charge in [-0.25, -0.2) is 4.79 Å². The quantitative estimate of drug-likeness (QED) is 0.550. The summed E-state index contributed by atoms with van der Waals surface area (Å²) in [6.07, 6.45) is 1.44. The van der Waals surface area contributed by atoms with Crippen molar-refractivity contribution in [1.29, 1.82) is 0 Å². The Hall–Kier alpha value is -2.53. The minimum atomic E-state index is -0.514. The second-order valence-electron chi connectivity index (χ2n) is 8.00. The number of carbonyl (C=O) groups is 1. The Bertz CT molecular complexity index is 748. The molecule has 2 aromatic rings. The predicted octanol–water partition coefficient (Wildman–Crippen LogP) is 6.14. The zero-order valence-electron chi connectivity index (χ0n) is 18.2. The smallest absolute Gasteiger partial charge is 0.412 e. The summed E-state index contributed by atoms with van der Waals surface area (Å²) in [5, 5.41) is 2.73. The molecule has 0 saturated carbocycles. The van der Waals surface area contributed by atoms with Crippen molar-refractivity contribution in [3.05, 3.63) is 59.7 Å². The Kier molecular flexibility index (Phi) is 8.52. The van der Waals surface area contributed by atoms with Gasteiger partial charge < -0.3 is 14.2 Å². The number of hydrogen-bond acceptors (Lipinski definition) is 4. The molecule has 0 bridgehead atoms. The summed E-state index contributed by atoms with van der Waals surface area (Å²) < 4.78 is 16.8.